The Hall–Kier alpha value is -0.920. The van der Waals surface area contributed by atoms with Crippen molar-refractivity contribution in [1.29, 1.82) is 0 Å². The highest BCUT2D eigenvalue weighted by atomic mass is 32.2. The van der Waals surface area contributed by atoms with E-state index in [9.17, 15) is 21.4 Å². The Labute approximate surface area is 108 Å². The van der Waals surface area contributed by atoms with Gasteiger partial charge in [-0.25, -0.2) is 16.8 Å². The minimum absolute atomic E-state index is 0.119. The maximum atomic E-state index is 11.7. The van der Waals surface area contributed by atoms with Crippen molar-refractivity contribution in [2.75, 3.05) is 6.26 Å². The van der Waals surface area contributed by atoms with Crippen molar-refractivity contribution in [2.45, 2.75) is 36.0 Å². The topological polar surface area (TPSA) is 91.3 Å². The molecule has 102 valence electrons. The Morgan fingerprint density at radius 1 is 1.06 bits per heavy atom. The van der Waals surface area contributed by atoms with Crippen molar-refractivity contribution in [3.63, 3.8) is 0 Å². The summed E-state index contributed by atoms with van der Waals surface area (Å²) in [5.41, 5.74) is 0.0150. The van der Waals surface area contributed by atoms with Gasteiger partial charge in [-0.15, -0.1) is 0 Å². The molecule has 0 fully saturated rings. The minimum Gasteiger partial charge on any atom is -0.744 e. The zero-order valence-corrected chi connectivity index (χ0v) is 12.2. The average Bonchev–Trinajstić information content (AvgIpc) is 2.12. The maximum absolute atomic E-state index is 11.7. The lowest BCUT2D eigenvalue weighted by Gasteiger charge is -2.23. The molecule has 1 aromatic carbocycles. The van der Waals surface area contributed by atoms with Gasteiger partial charge in [0.25, 0.3) is 0 Å². The fraction of sp³-hybridized carbons (Fsp3) is 0.455. The molecule has 5 nitrogen and oxygen atoms in total. The van der Waals surface area contributed by atoms with Crippen molar-refractivity contribution in [2.24, 2.45) is 0 Å². The van der Waals surface area contributed by atoms with Gasteiger partial charge in [0, 0.05) is 6.26 Å². The summed E-state index contributed by atoms with van der Waals surface area (Å²) in [5.74, 6) is 0. The Morgan fingerprint density at radius 3 is 1.89 bits per heavy atom. The molecule has 0 radical (unpaired) electrons. The second-order valence-electron chi connectivity index (χ2n) is 5.13. The Morgan fingerprint density at radius 2 is 1.56 bits per heavy atom. The van der Waals surface area contributed by atoms with E-state index >= 15 is 0 Å². The molecule has 0 amide bonds. The van der Waals surface area contributed by atoms with E-state index in [2.05, 4.69) is 0 Å². The molecule has 0 N–H and O–H groups in total. The first-order chi connectivity index (χ1) is 7.83. The van der Waals surface area contributed by atoms with E-state index in [1.54, 1.807) is 0 Å². The molecule has 1 aromatic rings. The van der Waals surface area contributed by atoms with Gasteiger partial charge in [-0.3, -0.25) is 0 Å². The summed E-state index contributed by atoms with van der Waals surface area (Å²) in [7, 11) is -8.27. The SMILES string of the molecule is CC(C)(C)c1ccc(S(=O)(=O)[O-])cc1S(C)(=O)=O. The molecule has 0 bridgehead atoms. The van der Waals surface area contributed by atoms with Crippen LogP contribution < -0.4 is 0 Å². The predicted molar refractivity (Wildman–Crippen MR) is 66.2 cm³/mol. The van der Waals surface area contributed by atoms with Crippen LogP contribution in [0.3, 0.4) is 0 Å². The van der Waals surface area contributed by atoms with Crippen LogP contribution in [0.5, 0.6) is 0 Å². The molecule has 0 aromatic heterocycles. The third-order valence-corrected chi connectivity index (χ3v) is 4.42. The molecule has 0 unspecified atom stereocenters. The molecule has 7 heteroatoms. The van der Waals surface area contributed by atoms with Gasteiger partial charge in [0.15, 0.2) is 9.84 Å². The van der Waals surface area contributed by atoms with Crippen molar-refractivity contribution in [3.8, 4) is 0 Å². The van der Waals surface area contributed by atoms with Gasteiger partial charge in [0.05, 0.1) is 9.79 Å². The van der Waals surface area contributed by atoms with Crippen LogP contribution in [0.2, 0.25) is 0 Å². The van der Waals surface area contributed by atoms with E-state index in [-0.39, 0.29) is 4.90 Å². The van der Waals surface area contributed by atoms with Gasteiger partial charge in [-0.1, -0.05) is 26.8 Å². The largest absolute Gasteiger partial charge is 0.744 e. The molecule has 0 spiro atoms. The van der Waals surface area contributed by atoms with E-state index in [0.717, 1.165) is 18.4 Å². The molecule has 0 aliphatic heterocycles. The monoisotopic (exact) mass is 291 g/mol. The van der Waals surface area contributed by atoms with Crippen LogP contribution in [0.25, 0.3) is 0 Å². The molecule has 0 heterocycles. The van der Waals surface area contributed by atoms with E-state index in [1.807, 2.05) is 20.8 Å². The smallest absolute Gasteiger partial charge is 0.175 e. The zero-order chi connectivity index (χ0) is 14.4. The molecule has 0 aliphatic carbocycles. The highest BCUT2D eigenvalue weighted by Gasteiger charge is 2.24. The lowest BCUT2D eigenvalue weighted by molar-refractivity contribution is 0.462. The van der Waals surface area contributed by atoms with Crippen LogP contribution in [0, 0.1) is 0 Å². The number of rotatable bonds is 2. The molecule has 0 saturated carbocycles. The van der Waals surface area contributed by atoms with Gasteiger partial charge >= 0.3 is 0 Å². The van der Waals surface area contributed by atoms with E-state index in [1.165, 1.54) is 6.07 Å². The number of hydrogen-bond donors (Lipinski definition) is 0. The predicted octanol–water partition coefficient (Wildman–Crippen LogP) is 1.29. The molecule has 1 rings (SSSR count). The fourth-order valence-corrected chi connectivity index (χ4v) is 3.27. The van der Waals surface area contributed by atoms with Crippen molar-refractivity contribution >= 4 is 20.0 Å². The quantitative estimate of drug-likeness (QED) is 0.766. The minimum atomic E-state index is -4.66. The van der Waals surface area contributed by atoms with Crippen LogP contribution >= 0.6 is 0 Å². The zero-order valence-electron chi connectivity index (χ0n) is 10.6. The summed E-state index contributed by atoms with van der Waals surface area (Å²) >= 11 is 0. The standard InChI is InChI=1S/C11H16O5S2/c1-11(2,3)9-6-5-8(18(14,15)16)7-10(9)17(4,12)13/h5-7H,1-4H3,(H,14,15,16)/p-1. The normalized spacial score (nSPS) is 13.6. The number of hydrogen-bond acceptors (Lipinski definition) is 5. The van der Waals surface area contributed by atoms with E-state index in [4.69, 9.17) is 0 Å². The summed E-state index contributed by atoms with van der Waals surface area (Å²) < 4.78 is 56.1. The summed E-state index contributed by atoms with van der Waals surface area (Å²) in [4.78, 5) is -0.650. The first kappa shape index (κ1) is 15.1. The Balaban J connectivity index is 3.71. The first-order valence-corrected chi connectivity index (χ1v) is 8.44. The fourth-order valence-electron chi connectivity index (χ4n) is 1.58. The summed E-state index contributed by atoms with van der Waals surface area (Å²) in [6.45, 7) is 5.42. The van der Waals surface area contributed by atoms with Crippen molar-refractivity contribution in [3.05, 3.63) is 23.8 Å². The van der Waals surface area contributed by atoms with Gasteiger partial charge in [-0.2, -0.15) is 0 Å². The van der Waals surface area contributed by atoms with E-state index < -0.39 is 30.3 Å². The van der Waals surface area contributed by atoms with Crippen molar-refractivity contribution < 1.29 is 21.4 Å². The molecule has 0 atom stereocenters. The second-order valence-corrected chi connectivity index (χ2v) is 8.50. The lowest BCUT2D eigenvalue weighted by Crippen LogP contribution is -2.17. The number of sulfone groups is 1. The van der Waals surface area contributed by atoms with Gasteiger partial charge in [0.2, 0.25) is 0 Å². The highest BCUT2D eigenvalue weighted by molar-refractivity contribution is 7.90. The Kier molecular flexibility index (Phi) is 3.64. The van der Waals surface area contributed by atoms with Gasteiger partial charge in [0.1, 0.15) is 10.1 Å². The van der Waals surface area contributed by atoms with Gasteiger partial charge in [-0.05, 0) is 23.1 Å². The number of benzene rings is 1. The van der Waals surface area contributed by atoms with Crippen LogP contribution in [0.4, 0.5) is 0 Å². The van der Waals surface area contributed by atoms with Crippen LogP contribution in [0.1, 0.15) is 26.3 Å². The second kappa shape index (κ2) is 4.32. The average molecular weight is 291 g/mol. The third kappa shape index (κ3) is 3.30. The lowest BCUT2D eigenvalue weighted by atomic mass is 9.87. The van der Waals surface area contributed by atoms with Gasteiger partial charge < -0.3 is 4.55 Å². The molecule has 18 heavy (non-hydrogen) atoms. The van der Waals surface area contributed by atoms with Crippen LogP contribution in [-0.2, 0) is 25.4 Å². The first-order valence-electron chi connectivity index (χ1n) is 5.14. The van der Waals surface area contributed by atoms with E-state index in [0.29, 0.717) is 5.56 Å². The molecular weight excluding hydrogens is 276 g/mol. The summed E-state index contributed by atoms with van der Waals surface area (Å²) in [6, 6.07) is 3.44. The highest BCUT2D eigenvalue weighted by Crippen LogP contribution is 2.30. The summed E-state index contributed by atoms with van der Waals surface area (Å²) in [5, 5.41) is 0. The summed E-state index contributed by atoms with van der Waals surface area (Å²) in [6.07, 6.45) is 0.985. The Bertz CT molecular complexity index is 664. The maximum Gasteiger partial charge on any atom is 0.175 e. The van der Waals surface area contributed by atoms with Crippen molar-refractivity contribution in [1.82, 2.24) is 0 Å². The molecular formula is C11H15O5S2-. The van der Waals surface area contributed by atoms with Crippen LogP contribution in [-0.4, -0.2) is 27.6 Å². The molecule has 0 aliphatic rings. The third-order valence-electron chi connectivity index (χ3n) is 2.45. The van der Waals surface area contributed by atoms with Crippen LogP contribution in [0.15, 0.2) is 28.0 Å². The molecule has 0 saturated heterocycles.